The first-order valence-corrected chi connectivity index (χ1v) is 6.96. The van der Waals surface area contributed by atoms with Crippen LogP contribution in [0.2, 0.25) is 0 Å². The number of hydrogen-bond donors (Lipinski definition) is 1. The van der Waals surface area contributed by atoms with Crippen LogP contribution in [-0.2, 0) is 0 Å². The molecule has 1 aromatic heterocycles. The molecule has 0 bridgehead atoms. The Bertz CT molecular complexity index is 458. The molecule has 2 heterocycles. The summed E-state index contributed by atoms with van der Waals surface area (Å²) in [6.45, 7) is 3.99. The number of aromatic amines is 1. The lowest BCUT2D eigenvalue weighted by atomic mass is 10.3. The summed E-state index contributed by atoms with van der Waals surface area (Å²) < 4.78 is 0. The minimum Gasteiger partial charge on any atom is -0.301 e. The summed E-state index contributed by atoms with van der Waals surface area (Å²) in [6, 6.07) is 1.82. The molecule has 2 atom stereocenters. The fourth-order valence-electron chi connectivity index (χ4n) is 1.38. The quantitative estimate of drug-likeness (QED) is 0.660. The summed E-state index contributed by atoms with van der Waals surface area (Å²) in [7, 11) is 0. The van der Waals surface area contributed by atoms with E-state index in [0.717, 1.165) is 11.4 Å². The van der Waals surface area contributed by atoms with Crippen molar-refractivity contribution < 1.29 is 0 Å². The summed E-state index contributed by atoms with van der Waals surface area (Å²) in [5.41, 5.74) is 2.57. The van der Waals surface area contributed by atoms with Crippen LogP contribution < -0.4 is 5.56 Å². The molecule has 0 aliphatic carbocycles. The second-order valence-corrected chi connectivity index (χ2v) is 5.90. The van der Waals surface area contributed by atoms with Crippen LogP contribution in [0.1, 0.15) is 12.6 Å². The number of thioether (sulfide) groups is 2. The Hall–Kier alpha value is -0.750. The van der Waals surface area contributed by atoms with Crippen molar-refractivity contribution in [1.82, 2.24) is 9.97 Å². The summed E-state index contributed by atoms with van der Waals surface area (Å²) >= 11 is 3.31. The summed E-state index contributed by atoms with van der Waals surface area (Å²) in [4.78, 5) is 22.6. The minimum atomic E-state index is -0.0904. The van der Waals surface area contributed by atoms with Gasteiger partial charge in [0.1, 0.15) is 0 Å². The number of nitrogens with zero attached hydrogens (tertiary/aromatic N) is 2. The highest BCUT2D eigenvalue weighted by molar-refractivity contribution is 8.13. The average Bonchev–Trinajstić information content (AvgIpc) is 2.59. The van der Waals surface area contributed by atoms with E-state index in [4.69, 9.17) is 0 Å². The maximum absolute atomic E-state index is 11.2. The van der Waals surface area contributed by atoms with Gasteiger partial charge in [0.25, 0.3) is 5.56 Å². The van der Waals surface area contributed by atoms with Gasteiger partial charge in [0, 0.05) is 22.8 Å². The SMILES string of the molecule is Cc1cc(=O)[nH]c(SCC2N=CSC2C)n1. The average molecular weight is 255 g/mol. The third kappa shape index (κ3) is 2.89. The maximum Gasteiger partial charge on any atom is 0.251 e. The number of H-pyrrole nitrogens is 1. The van der Waals surface area contributed by atoms with Crippen molar-refractivity contribution in [2.45, 2.75) is 30.3 Å². The number of nitrogens with one attached hydrogen (secondary N) is 1. The fourth-order valence-corrected chi connectivity index (χ4v) is 3.36. The molecule has 0 amide bonds. The van der Waals surface area contributed by atoms with Gasteiger partial charge in [0.05, 0.1) is 11.6 Å². The number of aliphatic imine (C=N–C) groups is 1. The Labute approximate surface area is 102 Å². The Balaban J connectivity index is 1.99. The molecule has 0 fully saturated rings. The highest BCUT2D eigenvalue weighted by Gasteiger charge is 2.20. The first-order valence-electron chi connectivity index (χ1n) is 5.03. The van der Waals surface area contributed by atoms with Crippen molar-refractivity contribution in [3.05, 3.63) is 22.1 Å². The van der Waals surface area contributed by atoms with E-state index in [0.29, 0.717) is 16.4 Å². The summed E-state index contributed by atoms with van der Waals surface area (Å²) in [6.07, 6.45) is 0. The molecule has 1 aliphatic heterocycles. The van der Waals surface area contributed by atoms with Gasteiger partial charge in [-0.05, 0) is 6.92 Å². The topological polar surface area (TPSA) is 58.1 Å². The predicted molar refractivity (Wildman–Crippen MR) is 69.7 cm³/mol. The first kappa shape index (κ1) is 11.7. The van der Waals surface area contributed by atoms with E-state index < -0.39 is 0 Å². The van der Waals surface area contributed by atoms with Crippen molar-refractivity contribution >= 4 is 29.1 Å². The minimum absolute atomic E-state index is 0.0904. The van der Waals surface area contributed by atoms with Gasteiger partial charge in [0.15, 0.2) is 5.16 Å². The third-order valence-electron chi connectivity index (χ3n) is 2.31. The largest absolute Gasteiger partial charge is 0.301 e. The third-order valence-corrected chi connectivity index (χ3v) is 4.27. The molecule has 16 heavy (non-hydrogen) atoms. The molecule has 0 saturated heterocycles. The Morgan fingerprint density at radius 1 is 1.62 bits per heavy atom. The number of aromatic nitrogens is 2. The Morgan fingerprint density at radius 2 is 2.44 bits per heavy atom. The molecule has 4 nitrogen and oxygen atoms in total. The molecule has 1 aromatic rings. The van der Waals surface area contributed by atoms with Gasteiger partial charge < -0.3 is 4.98 Å². The van der Waals surface area contributed by atoms with Crippen LogP contribution in [0.3, 0.4) is 0 Å². The summed E-state index contributed by atoms with van der Waals surface area (Å²) in [5.74, 6) is 0.858. The highest BCUT2D eigenvalue weighted by Crippen LogP contribution is 2.25. The lowest BCUT2D eigenvalue weighted by Gasteiger charge is -2.11. The molecule has 0 saturated carbocycles. The zero-order chi connectivity index (χ0) is 11.5. The van der Waals surface area contributed by atoms with Crippen LogP contribution in [-0.4, -0.2) is 32.6 Å². The van der Waals surface area contributed by atoms with Crippen LogP contribution in [0, 0.1) is 6.92 Å². The number of hydrogen-bond acceptors (Lipinski definition) is 5. The van der Waals surface area contributed by atoms with Crippen LogP contribution in [0.25, 0.3) is 0 Å². The van der Waals surface area contributed by atoms with Gasteiger partial charge in [-0.3, -0.25) is 9.79 Å². The van der Waals surface area contributed by atoms with E-state index in [9.17, 15) is 4.79 Å². The lowest BCUT2D eigenvalue weighted by molar-refractivity contribution is 0.758. The van der Waals surface area contributed by atoms with Gasteiger partial charge in [0.2, 0.25) is 0 Å². The van der Waals surface area contributed by atoms with Crippen LogP contribution >= 0.6 is 23.5 Å². The van der Waals surface area contributed by atoms with E-state index in [2.05, 4.69) is 21.9 Å². The molecule has 6 heteroatoms. The molecule has 0 spiro atoms. The first-order chi connectivity index (χ1) is 7.65. The predicted octanol–water partition coefficient (Wildman–Crippen LogP) is 1.70. The van der Waals surface area contributed by atoms with Gasteiger partial charge in [-0.2, -0.15) is 0 Å². The molecule has 1 N–H and O–H groups in total. The van der Waals surface area contributed by atoms with Gasteiger partial charge >= 0.3 is 0 Å². The number of aryl methyl sites for hydroxylation is 1. The molecule has 2 rings (SSSR count). The normalized spacial score (nSPS) is 23.9. The molecule has 0 aromatic carbocycles. The molecular formula is C10H13N3OS2. The van der Waals surface area contributed by atoms with Gasteiger partial charge in [-0.1, -0.05) is 18.7 Å². The smallest absolute Gasteiger partial charge is 0.251 e. The van der Waals surface area contributed by atoms with E-state index >= 15 is 0 Å². The van der Waals surface area contributed by atoms with Crippen LogP contribution in [0.15, 0.2) is 21.0 Å². The zero-order valence-electron chi connectivity index (χ0n) is 9.14. The van der Waals surface area contributed by atoms with Crippen molar-refractivity contribution in [2.75, 3.05) is 5.75 Å². The lowest BCUT2D eigenvalue weighted by Crippen LogP contribution is -2.17. The summed E-state index contributed by atoms with van der Waals surface area (Å²) in [5, 5.41) is 1.20. The van der Waals surface area contributed by atoms with Crippen LogP contribution in [0.4, 0.5) is 0 Å². The van der Waals surface area contributed by atoms with E-state index in [1.165, 1.54) is 6.07 Å². The highest BCUT2D eigenvalue weighted by atomic mass is 32.2. The molecule has 2 unspecified atom stereocenters. The van der Waals surface area contributed by atoms with E-state index in [1.807, 2.05) is 12.5 Å². The zero-order valence-corrected chi connectivity index (χ0v) is 10.8. The Morgan fingerprint density at radius 3 is 3.06 bits per heavy atom. The molecular weight excluding hydrogens is 242 g/mol. The van der Waals surface area contributed by atoms with Crippen molar-refractivity contribution in [2.24, 2.45) is 4.99 Å². The van der Waals surface area contributed by atoms with E-state index in [-0.39, 0.29) is 5.56 Å². The van der Waals surface area contributed by atoms with Gasteiger partial charge in [-0.15, -0.1) is 11.8 Å². The van der Waals surface area contributed by atoms with Crippen molar-refractivity contribution in [1.29, 1.82) is 0 Å². The Kier molecular flexibility index (Phi) is 3.70. The fraction of sp³-hybridized carbons (Fsp3) is 0.500. The monoisotopic (exact) mass is 255 g/mol. The maximum atomic E-state index is 11.2. The second-order valence-electron chi connectivity index (χ2n) is 3.67. The molecule has 0 radical (unpaired) electrons. The van der Waals surface area contributed by atoms with Crippen LogP contribution in [0.5, 0.6) is 0 Å². The van der Waals surface area contributed by atoms with Gasteiger partial charge in [-0.25, -0.2) is 4.98 Å². The van der Waals surface area contributed by atoms with Crippen molar-refractivity contribution in [3.8, 4) is 0 Å². The van der Waals surface area contributed by atoms with E-state index in [1.54, 1.807) is 23.5 Å². The van der Waals surface area contributed by atoms with Crippen molar-refractivity contribution in [3.63, 3.8) is 0 Å². The molecule has 1 aliphatic rings. The standard InChI is InChI=1S/C10H13N3OS2/c1-6-3-9(14)13-10(12-6)15-4-8-7(2)16-5-11-8/h3,5,7-8H,4H2,1-2H3,(H,12,13,14). The second kappa shape index (κ2) is 5.05. The molecule has 86 valence electrons. The number of rotatable bonds is 3.